The summed E-state index contributed by atoms with van der Waals surface area (Å²) < 4.78 is 51.5. The Morgan fingerprint density at radius 3 is 2.29 bits per heavy atom. The van der Waals surface area contributed by atoms with Crippen LogP contribution >= 0.6 is 9.24 Å². The van der Waals surface area contributed by atoms with Crippen molar-refractivity contribution in [3.63, 3.8) is 0 Å². The summed E-state index contributed by atoms with van der Waals surface area (Å²) in [6, 6.07) is 5.11. The van der Waals surface area contributed by atoms with Gasteiger partial charge in [0.2, 0.25) is 0 Å². The van der Waals surface area contributed by atoms with Crippen LogP contribution < -0.4 is 0 Å². The molecule has 0 N–H and O–H groups in total. The lowest BCUT2D eigenvalue weighted by Crippen LogP contribution is -2.45. The third-order valence-electron chi connectivity index (χ3n) is 4.58. The zero-order valence-corrected chi connectivity index (χ0v) is 14.4. The van der Waals surface area contributed by atoms with Crippen LogP contribution in [0.3, 0.4) is 0 Å². The van der Waals surface area contributed by atoms with Gasteiger partial charge in [0.05, 0.1) is 9.64 Å². The number of hydrogen-bond acceptors (Lipinski definition) is 2. The van der Waals surface area contributed by atoms with Gasteiger partial charge in [0.1, 0.15) is 0 Å². The van der Waals surface area contributed by atoms with E-state index in [-0.39, 0.29) is 16.4 Å². The standard InChI is InChI=1S/C15H21F2O2PS/c1-10-7-12(8-10)14(2,3)21(18,19)13-6-4-5-11(9-13)15(16,17)20/h4-6,9-10,12H,7-8,20H2,1-3H3. The lowest BCUT2D eigenvalue weighted by Gasteiger charge is -2.43. The molecule has 0 aromatic heterocycles. The van der Waals surface area contributed by atoms with Gasteiger partial charge in [0, 0.05) is 5.56 Å². The Bertz CT molecular complexity index is 629. The lowest BCUT2D eigenvalue weighted by molar-refractivity contribution is 0.104. The Morgan fingerprint density at radius 1 is 1.24 bits per heavy atom. The summed E-state index contributed by atoms with van der Waals surface area (Å²) in [6.45, 7) is 5.49. The van der Waals surface area contributed by atoms with E-state index in [0.717, 1.165) is 18.9 Å². The molecule has 21 heavy (non-hydrogen) atoms. The predicted molar refractivity (Wildman–Crippen MR) is 83.2 cm³/mol. The summed E-state index contributed by atoms with van der Waals surface area (Å²) in [5.41, 5.74) is -3.42. The Hall–Kier alpha value is -0.540. The van der Waals surface area contributed by atoms with Crippen LogP contribution in [-0.2, 0) is 15.5 Å². The van der Waals surface area contributed by atoms with Gasteiger partial charge < -0.3 is 0 Å². The second kappa shape index (κ2) is 5.27. The van der Waals surface area contributed by atoms with Gasteiger partial charge in [-0.3, -0.25) is 0 Å². The molecule has 1 aromatic carbocycles. The van der Waals surface area contributed by atoms with Crippen LogP contribution in [0.1, 0.15) is 39.2 Å². The molecule has 2 nitrogen and oxygen atoms in total. The number of benzene rings is 1. The molecule has 1 aromatic rings. The molecular weight excluding hydrogens is 313 g/mol. The average Bonchev–Trinajstić information content (AvgIpc) is 2.34. The van der Waals surface area contributed by atoms with E-state index in [1.807, 2.05) is 0 Å². The quantitative estimate of drug-likeness (QED) is 0.773. The van der Waals surface area contributed by atoms with Crippen LogP contribution in [0, 0.1) is 11.8 Å². The molecule has 0 heterocycles. The fourth-order valence-corrected chi connectivity index (χ4v) is 4.82. The molecule has 2 rings (SSSR count). The Kier molecular flexibility index (Phi) is 4.23. The van der Waals surface area contributed by atoms with Crippen LogP contribution in [0.5, 0.6) is 0 Å². The molecular formula is C15H21F2O2PS. The second-order valence-corrected chi connectivity index (χ2v) is 9.79. The summed E-state index contributed by atoms with van der Waals surface area (Å²) in [5.74, 6) is 0.616. The number of halogens is 2. The first-order valence-corrected chi connectivity index (χ1v) is 9.04. The molecule has 1 atom stereocenters. The minimum atomic E-state index is -3.65. The zero-order chi connectivity index (χ0) is 16.1. The summed E-state index contributed by atoms with van der Waals surface area (Å²) in [5, 5.41) is 0. The van der Waals surface area contributed by atoms with Gasteiger partial charge in [-0.15, -0.1) is 0 Å². The summed E-state index contributed by atoms with van der Waals surface area (Å²) in [4.78, 5) is -0.0216. The van der Waals surface area contributed by atoms with Crippen molar-refractivity contribution in [3.8, 4) is 0 Å². The molecule has 0 saturated heterocycles. The van der Waals surface area contributed by atoms with Gasteiger partial charge in [-0.05, 0) is 50.7 Å². The SMILES string of the molecule is CC1CC(C(C)(C)S(=O)(=O)c2cccc(C(F)(F)P)c2)C1. The molecule has 1 aliphatic rings. The number of sulfone groups is 1. The highest BCUT2D eigenvalue weighted by Crippen LogP contribution is 2.46. The van der Waals surface area contributed by atoms with E-state index >= 15 is 0 Å². The van der Waals surface area contributed by atoms with E-state index in [1.165, 1.54) is 27.4 Å². The molecule has 1 unspecified atom stereocenters. The molecule has 1 aliphatic carbocycles. The van der Waals surface area contributed by atoms with E-state index in [9.17, 15) is 17.2 Å². The first-order chi connectivity index (χ1) is 9.46. The maximum atomic E-state index is 13.4. The Balaban J connectivity index is 2.40. The van der Waals surface area contributed by atoms with E-state index in [1.54, 1.807) is 13.8 Å². The number of alkyl halides is 2. The molecule has 1 saturated carbocycles. The normalized spacial score (nSPS) is 23.7. The van der Waals surface area contributed by atoms with E-state index in [2.05, 4.69) is 6.92 Å². The molecule has 0 spiro atoms. The maximum absolute atomic E-state index is 13.4. The van der Waals surface area contributed by atoms with Gasteiger partial charge in [0.25, 0.3) is 5.66 Å². The molecule has 0 radical (unpaired) electrons. The predicted octanol–water partition coefficient (Wildman–Crippen LogP) is 4.21. The summed E-state index contributed by atoms with van der Waals surface area (Å²) >= 11 is 0. The molecule has 0 amide bonds. The Labute approximate surface area is 127 Å². The van der Waals surface area contributed by atoms with Crippen molar-refractivity contribution < 1.29 is 17.2 Å². The minimum Gasteiger partial charge on any atom is -0.223 e. The van der Waals surface area contributed by atoms with Crippen molar-refractivity contribution in [3.05, 3.63) is 29.8 Å². The largest absolute Gasteiger partial charge is 0.283 e. The smallest absolute Gasteiger partial charge is 0.223 e. The molecule has 6 heteroatoms. The van der Waals surface area contributed by atoms with Gasteiger partial charge in [-0.25, -0.2) is 8.42 Å². The van der Waals surface area contributed by atoms with Crippen molar-refractivity contribution in [1.29, 1.82) is 0 Å². The van der Waals surface area contributed by atoms with Gasteiger partial charge in [-0.1, -0.05) is 28.3 Å². The highest BCUT2D eigenvalue weighted by atomic mass is 32.2. The van der Waals surface area contributed by atoms with Crippen LogP contribution in [0.4, 0.5) is 8.78 Å². The van der Waals surface area contributed by atoms with Crippen molar-refractivity contribution in [1.82, 2.24) is 0 Å². The molecule has 0 aliphatic heterocycles. The lowest BCUT2D eigenvalue weighted by atomic mass is 9.70. The van der Waals surface area contributed by atoms with Crippen molar-refractivity contribution in [2.45, 2.75) is 48.9 Å². The average molecular weight is 334 g/mol. The first-order valence-electron chi connectivity index (χ1n) is 6.98. The molecule has 0 bridgehead atoms. The Morgan fingerprint density at radius 2 is 1.81 bits per heavy atom. The molecule has 1 fully saturated rings. The van der Waals surface area contributed by atoms with E-state index < -0.39 is 20.2 Å². The van der Waals surface area contributed by atoms with Crippen LogP contribution in [-0.4, -0.2) is 13.2 Å². The monoisotopic (exact) mass is 334 g/mol. The highest BCUT2D eigenvalue weighted by Gasteiger charge is 2.47. The first kappa shape index (κ1) is 16.8. The maximum Gasteiger partial charge on any atom is 0.283 e. The minimum absolute atomic E-state index is 0.0216. The van der Waals surface area contributed by atoms with E-state index in [0.29, 0.717) is 5.92 Å². The third-order valence-corrected chi connectivity index (χ3v) is 7.51. The van der Waals surface area contributed by atoms with Crippen LogP contribution in [0.25, 0.3) is 0 Å². The van der Waals surface area contributed by atoms with Crippen LogP contribution in [0.2, 0.25) is 0 Å². The van der Waals surface area contributed by atoms with Crippen molar-refractivity contribution in [2.24, 2.45) is 11.8 Å². The van der Waals surface area contributed by atoms with Gasteiger partial charge in [0.15, 0.2) is 9.84 Å². The molecule has 118 valence electrons. The van der Waals surface area contributed by atoms with Crippen LogP contribution in [0.15, 0.2) is 29.2 Å². The second-order valence-electron chi connectivity index (χ2n) is 6.53. The van der Waals surface area contributed by atoms with Gasteiger partial charge >= 0.3 is 0 Å². The van der Waals surface area contributed by atoms with Gasteiger partial charge in [-0.2, -0.15) is 8.78 Å². The fraction of sp³-hybridized carbons (Fsp3) is 0.600. The summed E-state index contributed by atoms with van der Waals surface area (Å²) in [6.07, 6.45) is 1.73. The highest BCUT2D eigenvalue weighted by molar-refractivity contribution is 7.92. The zero-order valence-electron chi connectivity index (χ0n) is 12.4. The number of hydrogen-bond donors (Lipinski definition) is 0. The van der Waals surface area contributed by atoms with Crippen molar-refractivity contribution in [2.75, 3.05) is 0 Å². The van der Waals surface area contributed by atoms with E-state index in [4.69, 9.17) is 0 Å². The summed E-state index contributed by atoms with van der Waals surface area (Å²) in [7, 11) is -2.21. The number of rotatable bonds is 4. The third kappa shape index (κ3) is 3.00. The topological polar surface area (TPSA) is 34.1 Å². The van der Waals surface area contributed by atoms with Crippen molar-refractivity contribution >= 4 is 19.1 Å². The fourth-order valence-electron chi connectivity index (χ4n) is 2.86.